The van der Waals surface area contributed by atoms with Gasteiger partial charge in [0.15, 0.2) is 11.5 Å². The summed E-state index contributed by atoms with van der Waals surface area (Å²) in [5.74, 6) is 0.718. The number of hydrogen-bond donors (Lipinski definition) is 1. The van der Waals surface area contributed by atoms with Gasteiger partial charge >= 0.3 is 0 Å². The van der Waals surface area contributed by atoms with Crippen LogP contribution in [0.2, 0.25) is 0 Å². The van der Waals surface area contributed by atoms with E-state index in [-0.39, 0.29) is 24.7 Å². The quantitative estimate of drug-likeness (QED) is 0.892. The number of benzene rings is 1. The number of nitrogens with one attached hydrogen (secondary N) is 1. The zero-order valence-electron chi connectivity index (χ0n) is 14.8. The third-order valence-electron chi connectivity index (χ3n) is 5.11. The van der Waals surface area contributed by atoms with Crippen molar-refractivity contribution in [2.45, 2.75) is 44.3 Å². The van der Waals surface area contributed by atoms with Crippen molar-refractivity contribution in [3.63, 3.8) is 0 Å². The van der Waals surface area contributed by atoms with E-state index in [1.165, 1.54) is 0 Å². The van der Waals surface area contributed by atoms with E-state index in [1.54, 1.807) is 17.0 Å². The summed E-state index contributed by atoms with van der Waals surface area (Å²) in [4.78, 5) is 26.0. The molecule has 0 bridgehead atoms. The van der Waals surface area contributed by atoms with Gasteiger partial charge in [0.05, 0.1) is 13.2 Å². The van der Waals surface area contributed by atoms with Gasteiger partial charge in [-0.3, -0.25) is 9.59 Å². The van der Waals surface area contributed by atoms with Crippen LogP contribution >= 0.6 is 0 Å². The molecule has 7 nitrogen and oxygen atoms in total. The first-order chi connectivity index (χ1) is 12.6. The molecule has 1 aliphatic carbocycles. The van der Waals surface area contributed by atoms with Crippen LogP contribution in [0.1, 0.15) is 38.5 Å². The molecular weight excluding hydrogens is 336 g/mol. The number of anilines is 1. The van der Waals surface area contributed by atoms with Gasteiger partial charge in [-0.05, 0) is 25.0 Å². The summed E-state index contributed by atoms with van der Waals surface area (Å²) < 4.78 is 17.2. The normalized spacial score (nSPS) is 20.4. The standard InChI is InChI=1S/C19H24N2O5/c22-17(5-6-18(23)21-9-11-24-12-10-21)20-14-3-4-15-16(13-14)26-19(25-15)7-1-2-8-19/h3-4,13H,1-2,5-12H2,(H,20,22). The minimum Gasteiger partial charge on any atom is -0.448 e. The average molecular weight is 360 g/mol. The second-order valence-corrected chi connectivity index (χ2v) is 7.02. The third-order valence-corrected chi connectivity index (χ3v) is 5.11. The maximum absolute atomic E-state index is 12.2. The van der Waals surface area contributed by atoms with Crippen molar-refractivity contribution in [1.29, 1.82) is 0 Å². The van der Waals surface area contributed by atoms with E-state index in [4.69, 9.17) is 14.2 Å². The van der Waals surface area contributed by atoms with Crippen LogP contribution in [0.4, 0.5) is 5.69 Å². The lowest BCUT2D eigenvalue weighted by Crippen LogP contribution is -2.40. The van der Waals surface area contributed by atoms with Crippen molar-refractivity contribution in [3.05, 3.63) is 18.2 Å². The molecule has 2 fully saturated rings. The van der Waals surface area contributed by atoms with Crippen LogP contribution in [0.25, 0.3) is 0 Å². The summed E-state index contributed by atoms with van der Waals surface area (Å²) in [6, 6.07) is 5.43. The predicted molar refractivity (Wildman–Crippen MR) is 94.2 cm³/mol. The Labute approximate surface area is 152 Å². The van der Waals surface area contributed by atoms with Crippen molar-refractivity contribution in [2.24, 2.45) is 0 Å². The number of nitrogens with zero attached hydrogens (tertiary/aromatic N) is 1. The van der Waals surface area contributed by atoms with Crippen LogP contribution in [-0.2, 0) is 14.3 Å². The second kappa shape index (κ2) is 7.15. The molecule has 2 aliphatic heterocycles. The highest BCUT2D eigenvalue weighted by atomic mass is 16.7. The Bertz CT molecular complexity index is 693. The fourth-order valence-electron chi connectivity index (χ4n) is 3.70. The number of carbonyl (C=O) groups is 2. The molecule has 7 heteroatoms. The molecule has 0 atom stereocenters. The van der Waals surface area contributed by atoms with Crippen LogP contribution in [0, 0.1) is 0 Å². The van der Waals surface area contributed by atoms with Crippen LogP contribution in [-0.4, -0.2) is 48.8 Å². The monoisotopic (exact) mass is 360 g/mol. The molecule has 0 aromatic heterocycles. The summed E-state index contributed by atoms with van der Waals surface area (Å²) in [6.45, 7) is 2.34. The van der Waals surface area contributed by atoms with E-state index in [9.17, 15) is 9.59 Å². The molecule has 1 aromatic rings. The highest BCUT2D eigenvalue weighted by molar-refractivity contribution is 5.93. The van der Waals surface area contributed by atoms with Gasteiger partial charge in [0.2, 0.25) is 11.8 Å². The smallest absolute Gasteiger partial charge is 0.251 e. The number of hydrogen-bond acceptors (Lipinski definition) is 5. The Hall–Kier alpha value is -2.28. The molecule has 1 saturated heterocycles. The number of rotatable bonds is 4. The highest BCUT2D eigenvalue weighted by Gasteiger charge is 2.44. The number of morpholine rings is 1. The van der Waals surface area contributed by atoms with E-state index >= 15 is 0 Å². The van der Waals surface area contributed by atoms with Gasteiger partial charge in [-0.25, -0.2) is 0 Å². The zero-order chi connectivity index (χ0) is 18.0. The Kier molecular flexibility index (Phi) is 4.72. The highest BCUT2D eigenvalue weighted by Crippen LogP contribution is 2.47. The van der Waals surface area contributed by atoms with Gasteiger partial charge in [-0.1, -0.05) is 0 Å². The molecule has 140 valence electrons. The van der Waals surface area contributed by atoms with Gasteiger partial charge in [-0.2, -0.15) is 0 Å². The van der Waals surface area contributed by atoms with Crippen LogP contribution in [0.15, 0.2) is 18.2 Å². The van der Waals surface area contributed by atoms with Crippen molar-refractivity contribution < 1.29 is 23.8 Å². The minimum absolute atomic E-state index is 0.00249. The average Bonchev–Trinajstić information content (AvgIpc) is 3.26. The van der Waals surface area contributed by atoms with Crippen molar-refractivity contribution >= 4 is 17.5 Å². The first kappa shape index (κ1) is 17.1. The maximum Gasteiger partial charge on any atom is 0.251 e. The second-order valence-electron chi connectivity index (χ2n) is 7.02. The summed E-state index contributed by atoms with van der Waals surface area (Å²) >= 11 is 0. The fraction of sp³-hybridized carbons (Fsp3) is 0.579. The lowest BCUT2D eigenvalue weighted by atomic mass is 10.2. The first-order valence-corrected chi connectivity index (χ1v) is 9.31. The van der Waals surface area contributed by atoms with Crippen LogP contribution in [0.3, 0.4) is 0 Å². The Morgan fingerprint density at radius 2 is 1.77 bits per heavy atom. The van der Waals surface area contributed by atoms with E-state index in [0.29, 0.717) is 37.7 Å². The Balaban J connectivity index is 1.29. The molecule has 2 amide bonds. The molecule has 1 N–H and O–H groups in total. The number of amides is 2. The summed E-state index contributed by atoms with van der Waals surface area (Å²) in [7, 11) is 0. The summed E-state index contributed by atoms with van der Waals surface area (Å²) in [5, 5.41) is 2.84. The molecule has 2 heterocycles. The van der Waals surface area contributed by atoms with Gasteiger partial charge in [0.25, 0.3) is 5.79 Å². The first-order valence-electron chi connectivity index (χ1n) is 9.31. The van der Waals surface area contributed by atoms with Crippen LogP contribution < -0.4 is 14.8 Å². The van der Waals surface area contributed by atoms with Crippen LogP contribution in [0.5, 0.6) is 11.5 Å². The summed E-state index contributed by atoms with van der Waals surface area (Å²) in [5.41, 5.74) is 0.659. The molecule has 1 aromatic carbocycles. The number of carbonyl (C=O) groups excluding carboxylic acids is 2. The van der Waals surface area contributed by atoms with Gasteiger partial charge in [0, 0.05) is 50.5 Å². The molecule has 0 unspecified atom stereocenters. The molecule has 1 spiro atoms. The van der Waals surface area contributed by atoms with E-state index in [2.05, 4.69) is 5.32 Å². The lowest BCUT2D eigenvalue weighted by Gasteiger charge is -2.26. The van der Waals surface area contributed by atoms with Crippen molar-refractivity contribution in [2.75, 3.05) is 31.6 Å². The third kappa shape index (κ3) is 3.62. The number of ether oxygens (including phenoxy) is 3. The topological polar surface area (TPSA) is 77.1 Å². The number of fused-ring (bicyclic) bond motifs is 1. The zero-order valence-corrected chi connectivity index (χ0v) is 14.8. The SMILES string of the molecule is O=C(CCC(=O)N1CCOCC1)Nc1ccc2c(c1)OC1(CCCC1)O2. The predicted octanol–water partition coefficient (Wildman–Crippen LogP) is 2.31. The van der Waals surface area contributed by atoms with Crippen molar-refractivity contribution in [3.8, 4) is 11.5 Å². The molecule has 3 aliphatic rings. The lowest BCUT2D eigenvalue weighted by molar-refractivity contribution is -0.136. The van der Waals surface area contributed by atoms with E-state index in [0.717, 1.165) is 31.4 Å². The molecule has 1 saturated carbocycles. The molecule has 26 heavy (non-hydrogen) atoms. The maximum atomic E-state index is 12.2. The molecule has 4 rings (SSSR count). The van der Waals surface area contributed by atoms with Gasteiger partial charge < -0.3 is 24.4 Å². The summed E-state index contributed by atoms with van der Waals surface area (Å²) in [6.07, 6.45) is 4.37. The molecule has 0 radical (unpaired) electrons. The van der Waals surface area contributed by atoms with Gasteiger partial charge in [-0.15, -0.1) is 0 Å². The van der Waals surface area contributed by atoms with E-state index in [1.807, 2.05) is 6.07 Å². The Morgan fingerprint density at radius 3 is 2.54 bits per heavy atom. The van der Waals surface area contributed by atoms with Crippen molar-refractivity contribution in [1.82, 2.24) is 4.90 Å². The minimum atomic E-state index is -0.504. The molecular formula is C19H24N2O5. The van der Waals surface area contributed by atoms with Gasteiger partial charge in [0.1, 0.15) is 0 Å². The Morgan fingerprint density at radius 1 is 1.04 bits per heavy atom. The van der Waals surface area contributed by atoms with E-state index < -0.39 is 5.79 Å². The largest absolute Gasteiger partial charge is 0.448 e. The fourth-order valence-corrected chi connectivity index (χ4v) is 3.70.